The fraction of sp³-hybridized carbons (Fsp3) is 0.350. The van der Waals surface area contributed by atoms with Gasteiger partial charge in [0.15, 0.2) is 0 Å². The molecule has 0 bridgehead atoms. The first-order valence-electron chi connectivity index (χ1n) is 9.03. The van der Waals surface area contributed by atoms with Gasteiger partial charge in [-0.1, -0.05) is 35.9 Å². The van der Waals surface area contributed by atoms with Gasteiger partial charge in [-0.25, -0.2) is 12.8 Å². The number of halogens is 1. The molecule has 3 rings (SSSR count). The predicted octanol–water partition coefficient (Wildman–Crippen LogP) is 2.23. The third-order valence-corrected chi connectivity index (χ3v) is 6.45. The number of hydrogen-bond acceptors (Lipinski definition) is 4. The molecule has 0 atom stereocenters. The molecular weight excluding hydrogens is 383 g/mol. The molecule has 1 aliphatic heterocycles. The Morgan fingerprint density at radius 1 is 1.14 bits per heavy atom. The molecule has 0 radical (unpaired) electrons. The summed E-state index contributed by atoms with van der Waals surface area (Å²) in [5.74, 6) is -1.28. The summed E-state index contributed by atoms with van der Waals surface area (Å²) in [6, 6.07) is 11.4. The van der Waals surface area contributed by atoms with Gasteiger partial charge in [0.1, 0.15) is 5.82 Å². The maximum absolute atomic E-state index is 13.9. The van der Waals surface area contributed by atoms with Crippen molar-refractivity contribution in [3.8, 4) is 0 Å². The summed E-state index contributed by atoms with van der Waals surface area (Å²) in [6.07, 6.45) is 0. The van der Waals surface area contributed by atoms with Crippen molar-refractivity contribution in [3.05, 3.63) is 70.5 Å². The highest BCUT2D eigenvalue weighted by Crippen LogP contribution is 2.17. The zero-order valence-electron chi connectivity index (χ0n) is 15.7. The van der Waals surface area contributed by atoms with E-state index in [1.54, 1.807) is 37.3 Å². The minimum Gasteiger partial charge on any atom is -0.379 e. The Bertz CT molecular complexity index is 956. The van der Waals surface area contributed by atoms with Gasteiger partial charge in [0.05, 0.1) is 24.5 Å². The molecule has 1 aliphatic rings. The number of sulfonamides is 1. The number of benzene rings is 2. The van der Waals surface area contributed by atoms with Crippen LogP contribution in [0.2, 0.25) is 0 Å². The standard InChI is InChI=1S/C20H23FN2O4S/c1-15-6-7-19(21)18(12-15)20(24)22-13-16-4-2-3-5-17(16)14-28(25,26)23-8-10-27-11-9-23/h2-7,12H,8-11,13-14H2,1H3,(H,22,24). The van der Waals surface area contributed by atoms with Crippen molar-refractivity contribution in [2.45, 2.75) is 19.2 Å². The lowest BCUT2D eigenvalue weighted by molar-refractivity contribution is 0.0729. The summed E-state index contributed by atoms with van der Waals surface area (Å²) in [7, 11) is -3.48. The summed E-state index contributed by atoms with van der Waals surface area (Å²) >= 11 is 0. The monoisotopic (exact) mass is 406 g/mol. The van der Waals surface area contributed by atoms with E-state index >= 15 is 0 Å². The molecule has 8 heteroatoms. The zero-order chi connectivity index (χ0) is 20.1. The Balaban J connectivity index is 1.72. The van der Waals surface area contributed by atoms with Crippen LogP contribution in [-0.4, -0.2) is 44.9 Å². The van der Waals surface area contributed by atoms with E-state index in [1.807, 2.05) is 0 Å². The van der Waals surface area contributed by atoms with Crippen molar-refractivity contribution < 1.29 is 22.3 Å². The molecular formula is C20H23FN2O4S. The number of aryl methyl sites for hydroxylation is 1. The van der Waals surface area contributed by atoms with Gasteiger partial charge >= 0.3 is 0 Å². The van der Waals surface area contributed by atoms with E-state index in [-0.39, 0.29) is 17.9 Å². The Kier molecular flexibility index (Phi) is 6.43. The van der Waals surface area contributed by atoms with E-state index in [0.29, 0.717) is 37.4 Å². The Hall–Kier alpha value is -2.29. The van der Waals surface area contributed by atoms with Gasteiger partial charge < -0.3 is 10.1 Å². The van der Waals surface area contributed by atoms with Crippen LogP contribution in [0.15, 0.2) is 42.5 Å². The van der Waals surface area contributed by atoms with Gasteiger partial charge in [0.2, 0.25) is 10.0 Å². The molecule has 1 amide bonds. The molecule has 0 aliphatic carbocycles. The average molecular weight is 406 g/mol. The van der Waals surface area contributed by atoms with Gasteiger partial charge in [-0.3, -0.25) is 4.79 Å². The highest BCUT2D eigenvalue weighted by molar-refractivity contribution is 7.88. The highest BCUT2D eigenvalue weighted by Gasteiger charge is 2.25. The first-order chi connectivity index (χ1) is 13.4. The minimum absolute atomic E-state index is 0.0292. The van der Waals surface area contributed by atoms with E-state index in [4.69, 9.17) is 4.74 Å². The molecule has 150 valence electrons. The third-order valence-electron chi connectivity index (χ3n) is 4.63. The normalized spacial score (nSPS) is 15.4. The number of nitrogens with zero attached hydrogens (tertiary/aromatic N) is 1. The second-order valence-electron chi connectivity index (χ2n) is 6.70. The lowest BCUT2D eigenvalue weighted by Gasteiger charge is -2.26. The van der Waals surface area contributed by atoms with Crippen molar-refractivity contribution in [2.75, 3.05) is 26.3 Å². The first kappa shape index (κ1) is 20.4. The number of hydrogen-bond donors (Lipinski definition) is 1. The third kappa shape index (κ3) is 4.95. The van der Waals surface area contributed by atoms with Crippen molar-refractivity contribution >= 4 is 15.9 Å². The number of carbonyl (C=O) groups is 1. The predicted molar refractivity (Wildman–Crippen MR) is 104 cm³/mol. The zero-order valence-corrected chi connectivity index (χ0v) is 16.5. The molecule has 2 aromatic rings. The number of ether oxygens (including phenoxy) is 1. The van der Waals surface area contributed by atoms with Crippen LogP contribution in [0.3, 0.4) is 0 Å². The number of rotatable bonds is 6. The van der Waals surface area contributed by atoms with Gasteiger partial charge in [0.25, 0.3) is 5.91 Å². The van der Waals surface area contributed by atoms with Crippen LogP contribution in [-0.2, 0) is 27.1 Å². The molecule has 6 nitrogen and oxygen atoms in total. The molecule has 2 aromatic carbocycles. The topological polar surface area (TPSA) is 75.7 Å². The fourth-order valence-electron chi connectivity index (χ4n) is 3.07. The van der Waals surface area contributed by atoms with Crippen LogP contribution in [0.25, 0.3) is 0 Å². The van der Waals surface area contributed by atoms with Crippen molar-refractivity contribution in [1.82, 2.24) is 9.62 Å². The van der Waals surface area contributed by atoms with Crippen molar-refractivity contribution in [2.24, 2.45) is 0 Å². The van der Waals surface area contributed by atoms with E-state index < -0.39 is 21.7 Å². The lowest BCUT2D eigenvalue weighted by atomic mass is 10.1. The van der Waals surface area contributed by atoms with Crippen LogP contribution in [0.1, 0.15) is 27.0 Å². The van der Waals surface area contributed by atoms with E-state index in [2.05, 4.69) is 5.32 Å². The quantitative estimate of drug-likeness (QED) is 0.798. The van der Waals surface area contributed by atoms with Crippen LogP contribution < -0.4 is 5.32 Å². The Morgan fingerprint density at radius 3 is 2.54 bits per heavy atom. The number of nitrogens with one attached hydrogen (secondary N) is 1. The molecule has 28 heavy (non-hydrogen) atoms. The number of carbonyl (C=O) groups excluding carboxylic acids is 1. The number of morpholine rings is 1. The van der Waals surface area contributed by atoms with E-state index in [9.17, 15) is 17.6 Å². The van der Waals surface area contributed by atoms with Gasteiger partial charge in [-0.2, -0.15) is 4.31 Å². The second-order valence-corrected chi connectivity index (χ2v) is 8.67. The summed E-state index contributed by atoms with van der Waals surface area (Å²) in [4.78, 5) is 12.3. The largest absolute Gasteiger partial charge is 0.379 e. The molecule has 1 saturated heterocycles. The SMILES string of the molecule is Cc1ccc(F)c(C(=O)NCc2ccccc2CS(=O)(=O)N2CCOCC2)c1. The van der Waals surface area contributed by atoms with E-state index in [0.717, 1.165) is 5.56 Å². The summed E-state index contributed by atoms with van der Waals surface area (Å²) < 4.78 is 45.9. The summed E-state index contributed by atoms with van der Waals surface area (Å²) in [5.41, 5.74) is 2.04. The molecule has 0 unspecified atom stereocenters. The van der Waals surface area contributed by atoms with Crippen LogP contribution in [0.5, 0.6) is 0 Å². The lowest BCUT2D eigenvalue weighted by Crippen LogP contribution is -2.41. The van der Waals surface area contributed by atoms with Crippen LogP contribution in [0.4, 0.5) is 4.39 Å². The second kappa shape index (κ2) is 8.81. The Labute approximate surface area is 164 Å². The van der Waals surface area contributed by atoms with Gasteiger partial charge in [0, 0.05) is 19.6 Å². The molecule has 1 N–H and O–H groups in total. The smallest absolute Gasteiger partial charge is 0.254 e. The molecule has 1 fully saturated rings. The van der Waals surface area contributed by atoms with Crippen LogP contribution >= 0.6 is 0 Å². The molecule has 0 saturated carbocycles. The van der Waals surface area contributed by atoms with E-state index in [1.165, 1.54) is 16.4 Å². The van der Waals surface area contributed by atoms with Crippen molar-refractivity contribution in [3.63, 3.8) is 0 Å². The van der Waals surface area contributed by atoms with Gasteiger partial charge in [-0.15, -0.1) is 0 Å². The van der Waals surface area contributed by atoms with Gasteiger partial charge in [-0.05, 0) is 30.2 Å². The van der Waals surface area contributed by atoms with Crippen LogP contribution in [0, 0.1) is 12.7 Å². The first-order valence-corrected chi connectivity index (χ1v) is 10.6. The maximum Gasteiger partial charge on any atom is 0.254 e. The maximum atomic E-state index is 13.9. The number of amides is 1. The highest BCUT2D eigenvalue weighted by atomic mass is 32.2. The average Bonchev–Trinajstić information content (AvgIpc) is 2.69. The summed E-state index contributed by atoms with van der Waals surface area (Å²) in [5, 5.41) is 2.68. The summed E-state index contributed by atoms with van der Waals surface area (Å²) in [6.45, 7) is 3.35. The molecule has 1 heterocycles. The molecule has 0 spiro atoms. The molecule has 0 aromatic heterocycles. The van der Waals surface area contributed by atoms with Crippen molar-refractivity contribution in [1.29, 1.82) is 0 Å². The minimum atomic E-state index is -3.48. The fourth-order valence-corrected chi connectivity index (χ4v) is 4.63. The Morgan fingerprint density at radius 2 is 1.82 bits per heavy atom.